The Bertz CT molecular complexity index is 404. The molecule has 2 heterocycles. The van der Waals surface area contributed by atoms with Gasteiger partial charge in [-0.3, -0.25) is 4.79 Å². The molecule has 1 amide bonds. The molecule has 1 saturated heterocycles. The second-order valence-electron chi connectivity index (χ2n) is 4.58. The van der Waals surface area contributed by atoms with Crippen molar-refractivity contribution in [3.63, 3.8) is 0 Å². The summed E-state index contributed by atoms with van der Waals surface area (Å²) in [5, 5.41) is 15.9. The van der Waals surface area contributed by atoms with Gasteiger partial charge in [0.05, 0.1) is 0 Å². The van der Waals surface area contributed by atoms with Gasteiger partial charge in [-0.25, -0.2) is 0 Å². The summed E-state index contributed by atoms with van der Waals surface area (Å²) in [6.07, 6.45) is 3.72. The van der Waals surface area contributed by atoms with Crippen molar-refractivity contribution in [1.29, 1.82) is 0 Å². The minimum atomic E-state index is 0.0261. The lowest BCUT2D eigenvalue weighted by atomic mass is 10.2. The zero-order valence-electron chi connectivity index (χ0n) is 11.1. The summed E-state index contributed by atoms with van der Waals surface area (Å²) in [7, 11) is 0. The van der Waals surface area contributed by atoms with Gasteiger partial charge in [-0.1, -0.05) is 24.7 Å². The number of nitrogens with one attached hydrogen (secondary N) is 2. The van der Waals surface area contributed by atoms with E-state index >= 15 is 0 Å². The highest BCUT2D eigenvalue weighted by atomic mass is 32.2. The summed E-state index contributed by atoms with van der Waals surface area (Å²) in [5.74, 6) is 2.17. The van der Waals surface area contributed by atoms with Gasteiger partial charge in [-0.05, 0) is 6.42 Å². The number of aryl methyl sites for hydroxylation is 1. The van der Waals surface area contributed by atoms with Gasteiger partial charge in [-0.2, -0.15) is 11.8 Å². The Kier molecular flexibility index (Phi) is 6.06. The predicted octanol–water partition coefficient (Wildman–Crippen LogP) is 1.91. The molecular formula is C12H20N4OS2. The maximum absolute atomic E-state index is 11.9. The number of anilines is 1. The molecule has 7 heteroatoms. The molecule has 0 aliphatic carbocycles. The summed E-state index contributed by atoms with van der Waals surface area (Å²) in [5.41, 5.74) is 0. The molecule has 1 aromatic heterocycles. The van der Waals surface area contributed by atoms with Crippen molar-refractivity contribution >= 4 is 34.1 Å². The fraction of sp³-hybridized carbons (Fsp3) is 0.750. The van der Waals surface area contributed by atoms with Crippen LogP contribution in [-0.4, -0.2) is 40.2 Å². The molecule has 2 rings (SSSR count). The number of carbonyl (C=O) groups excluding carboxylic acids is 1. The summed E-state index contributed by atoms with van der Waals surface area (Å²) in [6, 6.07) is 0.284. The summed E-state index contributed by atoms with van der Waals surface area (Å²) in [4.78, 5) is 11.9. The largest absolute Gasteiger partial charge is 0.312 e. The number of hydrogen-bond donors (Lipinski definition) is 2. The summed E-state index contributed by atoms with van der Waals surface area (Å²) in [6.45, 7) is 3.14. The van der Waals surface area contributed by atoms with Crippen LogP contribution < -0.4 is 10.6 Å². The van der Waals surface area contributed by atoms with Gasteiger partial charge in [0.15, 0.2) is 0 Å². The number of nitrogens with zero attached hydrogens (tertiary/aromatic N) is 2. The Morgan fingerprint density at radius 3 is 3.16 bits per heavy atom. The van der Waals surface area contributed by atoms with Crippen molar-refractivity contribution in [1.82, 2.24) is 15.5 Å². The Morgan fingerprint density at radius 2 is 2.42 bits per heavy atom. The highest BCUT2D eigenvalue weighted by Crippen LogP contribution is 2.18. The maximum atomic E-state index is 11.9. The van der Waals surface area contributed by atoms with Crippen LogP contribution in [0.1, 0.15) is 31.2 Å². The van der Waals surface area contributed by atoms with Crippen LogP contribution in [0.4, 0.5) is 5.13 Å². The van der Waals surface area contributed by atoms with E-state index < -0.39 is 0 Å². The average Bonchev–Trinajstić information content (AvgIpc) is 2.85. The zero-order valence-corrected chi connectivity index (χ0v) is 12.8. The van der Waals surface area contributed by atoms with E-state index in [1.54, 1.807) is 0 Å². The summed E-state index contributed by atoms with van der Waals surface area (Å²) >= 11 is 3.38. The predicted molar refractivity (Wildman–Crippen MR) is 80.9 cm³/mol. The number of thioether (sulfide) groups is 1. The lowest BCUT2D eigenvalue weighted by Gasteiger charge is -2.22. The first-order valence-corrected chi connectivity index (χ1v) is 8.68. The fourth-order valence-corrected chi connectivity index (χ4v) is 3.62. The highest BCUT2D eigenvalue weighted by molar-refractivity contribution is 7.99. The Morgan fingerprint density at radius 1 is 1.53 bits per heavy atom. The quantitative estimate of drug-likeness (QED) is 0.840. The van der Waals surface area contributed by atoms with E-state index in [1.165, 1.54) is 11.3 Å². The van der Waals surface area contributed by atoms with Crippen LogP contribution in [0, 0.1) is 0 Å². The van der Waals surface area contributed by atoms with Crippen LogP contribution in [-0.2, 0) is 11.2 Å². The lowest BCUT2D eigenvalue weighted by Crippen LogP contribution is -2.39. The first-order valence-electron chi connectivity index (χ1n) is 6.71. The van der Waals surface area contributed by atoms with E-state index in [4.69, 9.17) is 0 Å². The molecule has 5 nitrogen and oxygen atoms in total. The second kappa shape index (κ2) is 7.81. The molecule has 0 radical (unpaired) electrons. The van der Waals surface area contributed by atoms with Crippen molar-refractivity contribution < 1.29 is 4.79 Å². The molecule has 0 bridgehead atoms. The van der Waals surface area contributed by atoms with Crippen molar-refractivity contribution in [2.24, 2.45) is 0 Å². The average molecular weight is 300 g/mol. The Labute approximate surface area is 122 Å². The van der Waals surface area contributed by atoms with Crippen molar-refractivity contribution in [3.8, 4) is 0 Å². The second-order valence-corrected chi connectivity index (χ2v) is 6.79. The first-order chi connectivity index (χ1) is 9.28. The fourth-order valence-electron chi connectivity index (χ4n) is 1.88. The van der Waals surface area contributed by atoms with Crippen molar-refractivity contribution in [2.75, 3.05) is 23.4 Å². The standard InChI is InChI=1S/C12H20N4OS2/c1-2-3-4-11-15-16-12(19-11)14-10(17)7-9-8-18-6-5-13-9/h9,13H,2-8H2,1H3,(H,14,16,17). The number of aromatic nitrogens is 2. The van der Waals surface area contributed by atoms with Crippen LogP contribution in [0.15, 0.2) is 0 Å². The Balaban J connectivity index is 1.76. The molecule has 106 valence electrons. The molecule has 1 aliphatic heterocycles. The van der Waals surface area contributed by atoms with Crippen LogP contribution >= 0.6 is 23.1 Å². The molecule has 1 unspecified atom stereocenters. The third-order valence-electron chi connectivity index (χ3n) is 2.89. The van der Waals surface area contributed by atoms with Gasteiger partial charge >= 0.3 is 0 Å². The van der Waals surface area contributed by atoms with Crippen molar-refractivity contribution in [2.45, 2.75) is 38.6 Å². The van der Waals surface area contributed by atoms with Crippen molar-refractivity contribution in [3.05, 3.63) is 5.01 Å². The molecule has 1 fully saturated rings. The SMILES string of the molecule is CCCCc1nnc(NC(=O)CC2CSCCN2)s1. The van der Waals surface area contributed by atoms with Gasteiger partial charge in [0, 0.05) is 36.9 Å². The zero-order chi connectivity index (χ0) is 13.5. The van der Waals surface area contributed by atoms with Crippen LogP contribution in [0.3, 0.4) is 0 Å². The third-order valence-corrected chi connectivity index (χ3v) is 4.92. The minimum absolute atomic E-state index is 0.0261. The first kappa shape index (κ1) is 14.7. The lowest BCUT2D eigenvalue weighted by molar-refractivity contribution is -0.116. The van der Waals surface area contributed by atoms with E-state index in [1.807, 2.05) is 11.8 Å². The number of unbranched alkanes of at least 4 members (excludes halogenated alkanes) is 1. The van der Waals surface area contributed by atoms with Gasteiger partial charge in [0.2, 0.25) is 11.0 Å². The normalized spacial score (nSPS) is 19.3. The number of amides is 1. The van der Waals surface area contributed by atoms with Crippen LogP contribution in [0.5, 0.6) is 0 Å². The van der Waals surface area contributed by atoms with E-state index in [2.05, 4.69) is 27.8 Å². The molecule has 1 aromatic rings. The molecular weight excluding hydrogens is 280 g/mol. The molecule has 1 aliphatic rings. The van der Waals surface area contributed by atoms with Gasteiger partial charge in [0.1, 0.15) is 5.01 Å². The topological polar surface area (TPSA) is 66.9 Å². The van der Waals surface area contributed by atoms with E-state index in [9.17, 15) is 4.79 Å². The minimum Gasteiger partial charge on any atom is -0.312 e. The third kappa shape index (κ3) is 5.08. The van der Waals surface area contributed by atoms with Crippen LogP contribution in [0.2, 0.25) is 0 Å². The monoisotopic (exact) mass is 300 g/mol. The molecule has 2 N–H and O–H groups in total. The molecule has 1 atom stereocenters. The van der Waals surface area contributed by atoms with Gasteiger partial charge in [-0.15, -0.1) is 10.2 Å². The summed E-state index contributed by atoms with van der Waals surface area (Å²) < 4.78 is 0. The van der Waals surface area contributed by atoms with E-state index in [-0.39, 0.29) is 11.9 Å². The molecule has 19 heavy (non-hydrogen) atoms. The molecule has 0 saturated carbocycles. The highest BCUT2D eigenvalue weighted by Gasteiger charge is 2.17. The van der Waals surface area contributed by atoms with Gasteiger partial charge in [0.25, 0.3) is 0 Å². The Hall–Kier alpha value is -0.660. The number of hydrogen-bond acceptors (Lipinski definition) is 6. The number of rotatable bonds is 6. The van der Waals surface area contributed by atoms with E-state index in [0.717, 1.165) is 42.3 Å². The van der Waals surface area contributed by atoms with E-state index in [0.29, 0.717) is 11.6 Å². The smallest absolute Gasteiger partial charge is 0.227 e. The molecule has 0 aromatic carbocycles. The molecule has 0 spiro atoms. The van der Waals surface area contributed by atoms with Crippen LogP contribution in [0.25, 0.3) is 0 Å². The maximum Gasteiger partial charge on any atom is 0.227 e. The van der Waals surface area contributed by atoms with Gasteiger partial charge < -0.3 is 10.6 Å². The number of carbonyl (C=O) groups is 1.